The van der Waals surface area contributed by atoms with E-state index in [0.29, 0.717) is 0 Å². The standard InChI is InChI=1S/C25H38N2O2.2HI/c1-21(23-10-14-25(15-11-23)29-19-17-27(5,6)7)20-22-8-12-24(13-9-22)28-18-16-26(2,3)4;;/h8-15,20H,16-19H2,1-7H3;2*1H/q+2;;/p-2/b21-20-;;. The van der Waals surface area contributed by atoms with Gasteiger partial charge in [-0.1, -0.05) is 30.3 Å². The zero-order valence-electron chi connectivity index (χ0n) is 20.0. The van der Waals surface area contributed by atoms with Gasteiger partial charge in [0.1, 0.15) is 37.8 Å². The first-order valence-corrected chi connectivity index (χ1v) is 10.3. The largest absolute Gasteiger partial charge is 1.00 e. The highest BCUT2D eigenvalue weighted by Gasteiger charge is 2.07. The number of ether oxygens (including phenoxy) is 2. The van der Waals surface area contributed by atoms with Crippen LogP contribution in [0, 0.1) is 0 Å². The predicted molar refractivity (Wildman–Crippen MR) is 123 cm³/mol. The van der Waals surface area contributed by atoms with Crippen LogP contribution in [-0.2, 0) is 0 Å². The van der Waals surface area contributed by atoms with Gasteiger partial charge in [0, 0.05) is 0 Å². The van der Waals surface area contributed by atoms with Gasteiger partial charge in [-0.2, -0.15) is 0 Å². The van der Waals surface area contributed by atoms with Crippen LogP contribution in [0.15, 0.2) is 48.5 Å². The topological polar surface area (TPSA) is 18.5 Å². The van der Waals surface area contributed by atoms with E-state index in [4.69, 9.17) is 9.47 Å². The third kappa shape index (κ3) is 12.7. The number of rotatable bonds is 10. The Morgan fingerprint density at radius 3 is 1.45 bits per heavy atom. The molecule has 0 radical (unpaired) electrons. The minimum atomic E-state index is 0. The SMILES string of the molecule is C/C(=C/c1ccc(OCC[N+](C)(C)C)cc1)c1ccc(OCC[N+](C)(C)C)cc1.[I-].[I-]. The monoisotopic (exact) mass is 652 g/mol. The quantitative estimate of drug-likeness (QED) is 0.176. The first kappa shape index (κ1) is 30.2. The molecule has 0 heterocycles. The first-order chi connectivity index (χ1) is 13.5. The lowest BCUT2D eigenvalue weighted by atomic mass is 10.0. The van der Waals surface area contributed by atoms with Crippen LogP contribution in [0.2, 0.25) is 0 Å². The highest BCUT2D eigenvalue weighted by Crippen LogP contribution is 2.22. The van der Waals surface area contributed by atoms with E-state index in [-0.39, 0.29) is 48.0 Å². The molecule has 0 aliphatic rings. The molecule has 31 heavy (non-hydrogen) atoms. The fourth-order valence-corrected chi connectivity index (χ4v) is 2.68. The number of quaternary nitrogens is 2. The predicted octanol–water partition coefficient (Wildman–Crippen LogP) is -1.57. The molecular formula is C25H38I2N2O2. The van der Waals surface area contributed by atoms with Crippen molar-refractivity contribution in [3.8, 4) is 11.5 Å². The Hall–Kier alpha value is -0.840. The third-order valence-corrected chi connectivity index (χ3v) is 4.63. The second-order valence-corrected chi connectivity index (χ2v) is 9.65. The number of hydrogen-bond donors (Lipinski definition) is 0. The smallest absolute Gasteiger partial charge is 0.137 e. The van der Waals surface area contributed by atoms with Gasteiger partial charge in [0.15, 0.2) is 0 Å². The Kier molecular flexibility index (Phi) is 13.3. The van der Waals surface area contributed by atoms with Gasteiger partial charge in [-0.15, -0.1) is 0 Å². The Morgan fingerprint density at radius 2 is 1.06 bits per heavy atom. The van der Waals surface area contributed by atoms with Crippen LogP contribution >= 0.6 is 0 Å². The molecule has 0 aromatic heterocycles. The van der Waals surface area contributed by atoms with Crippen LogP contribution in [0.25, 0.3) is 11.6 Å². The fourth-order valence-electron chi connectivity index (χ4n) is 2.68. The van der Waals surface area contributed by atoms with Crippen LogP contribution in [0.1, 0.15) is 18.1 Å². The van der Waals surface area contributed by atoms with E-state index < -0.39 is 0 Å². The van der Waals surface area contributed by atoms with E-state index in [1.165, 1.54) is 16.7 Å². The van der Waals surface area contributed by atoms with Gasteiger partial charge in [-0.25, -0.2) is 0 Å². The minimum absolute atomic E-state index is 0. The van der Waals surface area contributed by atoms with Crippen LogP contribution in [0.3, 0.4) is 0 Å². The summed E-state index contributed by atoms with van der Waals surface area (Å²) in [7, 11) is 13.0. The summed E-state index contributed by atoms with van der Waals surface area (Å²) in [5.41, 5.74) is 3.60. The van der Waals surface area contributed by atoms with Crippen LogP contribution < -0.4 is 57.4 Å². The summed E-state index contributed by atoms with van der Waals surface area (Å²) < 4.78 is 13.5. The van der Waals surface area contributed by atoms with Crippen LogP contribution in [0.5, 0.6) is 11.5 Å². The molecular weight excluding hydrogens is 614 g/mol. The van der Waals surface area contributed by atoms with Crippen LogP contribution in [0.4, 0.5) is 0 Å². The van der Waals surface area contributed by atoms with Gasteiger partial charge in [0.2, 0.25) is 0 Å². The fraction of sp³-hybridized carbons (Fsp3) is 0.440. The van der Waals surface area contributed by atoms with Crippen molar-refractivity contribution in [2.45, 2.75) is 6.92 Å². The second kappa shape index (κ2) is 13.6. The number of allylic oxidation sites excluding steroid dienone is 1. The van der Waals surface area contributed by atoms with Crippen molar-refractivity contribution in [1.29, 1.82) is 0 Å². The summed E-state index contributed by atoms with van der Waals surface area (Å²) in [6.07, 6.45) is 2.20. The van der Waals surface area contributed by atoms with Crippen molar-refractivity contribution in [3.05, 3.63) is 59.7 Å². The van der Waals surface area contributed by atoms with E-state index in [1.54, 1.807) is 0 Å². The molecule has 0 fully saturated rings. The minimum Gasteiger partial charge on any atom is -1.00 e. The molecule has 2 aromatic rings. The Bertz CT molecular complexity index is 790. The molecule has 0 saturated carbocycles. The Labute approximate surface area is 223 Å². The normalized spacial score (nSPS) is 11.9. The lowest BCUT2D eigenvalue weighted by Gasteiger charge is -2.23. The first-order valence-electron chi connectivity index (χ1n) is 10.3. The highest BCUT2D eigenvalue weighted by atomic mass is 127. The number of benzene rings is 2. The number of halogens is 2. The molecule has 6 heteroatoms. The van der Waals surface area contributed by atoms with Crippen molar-refractivity contribution < 1.29 is 66.4 Å². The molecule has 0 spiro atoms. The summed E-state index contributed by atoms with van der Waals surface area (Å²) >= 11 is 0. The molecule has 174 valence electrons. The lowest BCUT2D eigenvalue weighted by Crippen LogP contribution is -3.00. The summed E-state index contributed by atoms with van der Waals surface area (Å²) in [6.45, 7) is 5.55. The Balaban J connectivity index is 0.00000450. The second-order valence-electron chi connectivity index (χ2n) is 9.65. The molecule has 2 rings (SSSR count). The Morgan fingerprint density at radius 1 is 0.677 bits per heavy atom. The molecule has 0 bridgehead atoms. The van der Waals surface area contributed by atoms with Gasteiger partial charge in [0.25, 0.3) is 0 Å². The van der Waals surface area contributed by atoms with E-state index in [9.17, 15) is 0 Å². The molecule has 2 aromatic carbocycles. The summed E-state index contributed by atoms with van der Waals surface area (Å²) in [5.74, 6) is 1.84. The zero-order valence-corrected chi connectivity index (χ0v) is 24.3. The number of likely N-dealkylation sites (N-methyl/N-ethyl adjacent to an activating group) is 2. The van der Waals surface area contributed by atoms with Gasteiger partial charge in [-0.3, -0.25) is 0 Å². The van der Waals surface area contributed by atoms with E-state index in [2.05, 4.69) is 79.6 Å². The van der Waals surface area contributed by atoms with Crippen molar-refractivity contribution >= 4 is 11.6 Å². The van der Waals surface area contributed by atoms with Gasteiger partial charge >= 0.3 is 0 Å². The molecule has 0 unspecified atom stereocenters. The third-order valence-electron chi connectivity index (χ3n) is 4.63. The maximum absolute atomic E-state index is 5.85. The van der Waals surface area contributed by atoms with Crippen molar-refractivity contribution in [3.63, 3.8) is 0 Å². The summed E-state index contributed by atoms with van der Waals surface area (Å²) in [6, 6.07) is 16.6. The average molecular weight is 652 g/mol. The van der Waals surface area contributed by atoms with Crippen molar-refractivity contribution in [1.82, 2.24) is 0 Å². The highest BCUT2D eigenvalue weighted by molar-refractivity contribution is 5.80. The van der Waals surface area contributed by atoms with Crippen molar-refractivity contribution in [2.75, 3.05) is 68.6 Å². The zero-order chi connectivity index (χ0) is 21.5. The van der Waals surface area contributed by atoms with Gasteiger partial charge < -0.3 is 66.4 Å². The maximum atomic E-state index is 5.85. The molecule has 0 atom stereocenters. The van der Waals surface area contributed by atoms with E-state index in [0.717, 1.165) is 46.8 Å². The molecule has 0 aliphatic carbocycles. The van der Waals surface area contributed by atoms with E-state index >= 15 is 0 Å². The average Bonchev–Trinajstić information content (AvgIpc) is 2.61. The lowest BCUT2D eigenvalue weighted by molar-refractivity contribution is -0.870. The molecule has 4 nitrogen and oxygen atoms in total. The molecule has 0 amide bonds. The van der Waals surface area contributed by atoms with Gasteiger partial charge in [0.05, 0.1) is 42.3 Å². The number of hydrogen-bond acceptors (Lipinski definition) is 2. The number of nitrogens with zero attached hydrogens (tertiary/aromatic N) is 2. The maximum Gasteiger partial charge on any atom is 0.137 e. The molecule has 0 N–H and O–H groups in total. The van der Waals surface area contributed by atoms with Crippen LogP contribution in [-0.4, -0.2) is 77.6 Å². The van der Waals surface area contributed by atoms with E-state index in [1.807, 2.05) is 24.3 Å². The summed E-state index contributed by atoms with van der Waals surface area (Å²) in [5, 5.41) is 0. The summed E-state index contributed by atoms with van der Waals surface area (Å²) in [4.78, 5) is 0. The van der Waals surface area contributed by atoms with Crippen molar-refractivity contribution in [2.24, 2.45) is 0 Å². The van der Waals surface area contributed by atoms with Gasteiger partial charge in [-0.05, 0) is 47.9 Å². The molecule has 0 saturated heterocycles. The molecule has 0 aliphatic heterocycles.